The van der Waals surface area contributed by atoms with E-state index in [2.05, 4.69) is 27.9 Å². The van der Waals surface area contributed by atoms with Crippen LogP contribution in [0.2, 0.25) is 0 Å². The monoisotopic (exact) mass is 387 g/mol. The van der Waals surface area contributed by atoms with Crippen LogP contribution in [0.3, 0.4) is 0 Å². The largest absolute Gasteiger partial charge is 0.506 e. The SMILES string of the molecule is CCc1cnc(C(C)(C)OC(=O)O)c2[nH]c3ccc(NC(=O)CS)cc3c12. The molecule has 0 fully saturated rings. The molecule has 1 amide bonds. The lowest BCUT2D eigenvalue weighted by Gasteiger charge is -2.23. The van der Waals surface area contributed by atoms with Gasteiger partial charge in [0.05, 0.1) is 11.3 Å². The molecule has 2 heterocycles. The van der Waals surface area contributed by atoms with Crippen molar-refractivity contribution in [1.82, 2.24) is 9.97 Å². The molecule has 2 aromatic heterocycles. The third-order valence-electron chi connectivity index (χ3n) is 4.43. The number of H-pyrrole nitrogens is 1. The van der Waals surface area contributed by atoms with Gasteiger partial charge in [-0.2, -0.15) is 12.6 Å². The summed E-state index contributed by atoms with van der Waals surface area (Å²) in [7, 11) is 0. The van der Waals surface area contributed by atoms with Gasteiger partial charge in [0, 0.05) is 28.2 Å². The molecule has 3 rings (SSSR count). The molecule has 0 aliphatic carbocycles. The second-order valence-corrected chi connectivity index (χ2v) is 7.02. The van der Waals surface area contributed by atoms with Crippen LogP contribution in [0.4, 0.5) is 10.5 Å². The summed E-state index contributed by atoms with van der Waals surface area (Å²) < 4.78 is 5.06. The molecule has 1 aromatic carbocycles. The van der Waals surface area contributed by atoms with Crippen molar-refractivity contribution in [2.75, 3.05) is 11.1 Å². The van der Waals surface area contributed by atoms with Crippen LogP contribution in [0.15, 0.2) is 24.4 Å². The standard InChI is InChI=1S/C19H21N3O4S/c1-4-10-8-20-17(19(2,3)26-18(24)25)16-15(10)12-7-11(21-14(23)9-27)5-6-13(12)22-16/h5-8,22,27H,4,9H2,1-3H3,(H,21,23)(H,24,25). The minimum Gasteiger partial charge on any atom is -0.450 e. The van der Waals surface area contributed by atoms with Crippen LogP contribution in [0.1, 0.15) is 32.0 Å². The predicted octanol–water partition coefficient (Wildman–Crippen LogP) is 4.08. The fraction of sp³-hybridized carbons (Fsp3) is 0.316. The number of aromatic nitrogens is 2. The molecule has 0 radical (unpaired) electrons. The van der Waals surface area contributed by atoms with E-state index in [4.69, 9.17) is 9.84 Å². The van der Waals surface area contributed by atoms with Gasteiger partial charge in [-0.3, -0.25) is 9.78 Å². The third-order valence-corrected chi connectivity index (χ3v) is 4.71. The topological polar surface area (TPSA) is 104 Å². The van der Waals surface area contributed by atoms with Crippen LogP contribution in [0.25, 0.3) is 21.8 Å². The molecular weight excluding hydrogens is 366 g/mol. The summed E-state index contributed by atoms with van der Waals surface area (Å²) in [4.78, 5) is 30.6. The second-order valence-electron chi connectivity index (χ2n) is 6.71. The van der Waals surface area contributed by atoms with Crippen LogP contribution in [-0.4, -0.2) is 32.9 Å². The molecule has 8 heteroatoms. The number of carboxylic acid groups (broad SMARTS) is 1. The van der Waals surface area contributed by atoms with Gasteiger partial charge in [-0.25, -0.2) is 4.79 Å². The van der Waals surface area contributed by atoms with Crippen LogP contribution in [0, 0.1) is 0 Å². The van der Waals surface area contributed by atoms with E-state index in [0.29, 0.717) is 11.4 Å². The maximum absolute atomic E-state index is 11.7. The van der Waals surface area contributed by atoms with Crippen molar-refractivity contribution in [2.24, 2.45) is 0 Å². The molecule has 7 nitrogen and oxygen atoms in total. The number of fused-ring (bicyclic) bond motifs is 3. The number of aryl methyl sites for hydroxylation is 1. The van der Waals surface area contributed by atoms with Crippen molar-refractivity contribution < 1.29 is 19.4 Å². The summed E-state index contributed by atoms with van der Waals surface area (Å²) in [5.74, 6) is -0.0902. The van der Waals surface area contributed by atoms with Gasteiger partial charge < -0.3 is 20.1 Å². The number of nitrogens with zero attached hydrogens (tertiary/aromatic N) is 1. The number of pyridine rings is 1. The van der Waals surface area contributed by atoms with Gasteiger partial charge in [0.2, 0.25) is 5.91 Å². The summed E-state index contributed by atoms with van der Waals surface area (Å²) in [5.41, 5.74) is 2.67. The molecule has 0 atom stereocenters. The number of ether oxygens (including phenoxy) is 1. The number of carbonyl (C=O) groups is 2. The molecule has 0 unspecified atom stereocenters. The van der Waals surface area contributed by atoms with Crippen molar-refractivity contribution >= 4 is 52.2 Å². The molecule has 0 saturated carbocycles. The Morgan fingerprint density at radius 1 is 1.37 bits per heavy atom. The first-order valence-electron chi connectivity index (χ1n) is 8.53. The minimum absolute atomic E-state index is 0.0981. The average molecular weight is 387 g/mol. The number of carbonyl (C=O) groups excluding carboxylic acids is 1. The zero-order valence-corrected chi connectivity index (χ0v) is 16.2. The van der Waals surface area contributed by atoms with Gasteiger partial charge in [0.1, 0.15) is 5.69 Å². The van der Waals surface area contributed by atoms with Gasteiger partial charge in [0.25, 0.3) is 0 Å². The molecule has 27 heavy (non-hydrogen) atoms. The summed E-state index contributed by atoms with van der Waals surface area (Å²) in [6, 6.07) is 5.57. The number of benzene rings is 1. The Bertz CT molecular complexity index is 1040. The first-order chi connectivity index (χ1) is 12.8. The Hall–Kier alpha value is -2.74. The molecule has 3 aromatic rings. The molecule has 3 N–H and O–H groups in total. The molecule has 0 aliphatic heterocycles. The molecule has 0 spiro atoms. The Labute approximate surface area is 161 Å². The van der Waals surface area contributed by atoms with Crippen LogP contribution in [0.5, 0.6) is 0 Å². The van der Waals surface area contributed by atoms with E-state index in [-0.39, 0.29) is 11.7 Å². The average Bonchev–Trinajstić information content (AvgIpc) is 2.98. The van der Waals surface area contributed by atoms with Crippen molar-refractivity contribution in [3.63, 3.8) is 0 Å². The minimum atomic E-state index is -1.36. The highest BCUT2D eigenvalue weighted by Gasteiger charge is 2.30. The van der Waals surface area contributed by atoms with E-state index in [1.54, 1.807) is 26.1 Å². The van der Waals surface area contributed by atoms with Crippen molar-refractivity contribution in [2.45, 2.75) is 32.8 Å². The third kappa shape index (κ3) is 3.57. The first-order valence-corrected chi connectivity index (χ1v) is 9.16. The van der Waals surface area contributed by atoms with E-state index in [9.17, 15) is 9.59 Å². The Kier molecular flexibility index (Phi) is 5.01. The predicted molar refractivity (Wildman–Crippen MR) is 108 cm³/mol. The van der Waals surface area contributed by atoms with Crippen molar-refractivity contribution in [3.8, 4) is 0 Å². The normalized spacial score (nSPS) is 11.7. The van der Waals surface area contributed by atoms with Gasteiger partial charge in [-0.1, -0.05) is 6.92 Å². The Balaban J connectivity index is 2.26. The Morgan fingerprint density at radius 3 is 2.74 bits per heavy atom. The highest BCUT2D eigenvalue weighted by Crippen LogP contribution is 2.36. The van der Waals surface area contributed by atoms with Crippen molar-refractivity contribution in [3.05, 3.63) is 35.7 Å². The van der Waals surface area contributed by atoms with Crippen LogP contribution in [-0.2, 0) is 21.6 Å². The molecule has 142 valence electrons. The maximum Gasteiger partial charge on any atom is 0.506 e. The van der Waals surface area contributed by atoms with E-state index < -0.39 is 11.8 Å². The van der Waals surface area contributed by atoms with Crippen LogP contribution < -0.4 is 5.32 Å². The number of amides is 1. The number of rotatable bonds is 5. The fourth-order valence-electron chi connectivity index (χ4n) is 3.24. The van der Waals surface area contributed by atoms with Crippen LogP contribution >= 0.6 is 12.6 Å². The zero-order chi connectivity index (χ0) is 19.8. The summed E-state index contributed by atoms with van der Waals surface area (Å²) >= 11 is 3.98. The van der Waals surface area contributed by atoms with Gasteiger partial charge >= 0.3 is 6.16 Å². The summed E-state index contributed by atoms with van der Waals surface area (Å²) in [6.45, 7) is 5.36. The van der Waals surface area contributed by atoms with Crippen molar-refractivity contribution in [1.29, 1.82) is 0 Å². The summed E-state index contributed by atoms with van der Waals surface area (Å²) in [5, 5.41) is 13.7. The van der Waals surface area contributed by atoms with E-state index in [1.165, 1.54) is 0 Å². The lowest BCUT2D eigenvalue weighted by Crippen LogP contribution is -2.26. The molecule has 0 aliphatic rings. The summed E-state index contributed by atoms with van der Waals surface area (Å²) in [6.07, 6.45) is 1.14. The fourth-order valence-corrected chi connectivity index (χ4v) is 3.32. The number of nitrogens with one attached hydrogen (secondary N) is 2. The number of thiol groups is 1. The first kappa shape index (κ1) is 19.0. The number of hydrogen-bond acceptors (Lipinski definition) is 5. The van der Waals surface area contributed by atoms with E-state index in [1.807, 2.05) is 19.1 Å². The van der Waals surface area contributed by atoms with Gasteiger partial charge in [-0.15, -0.1) is 0 Å². The number of aromatic amines is 1. The maximum atomic E-state index is 11.7. The Morgan fingerprint density at radius 2 is 2.11 bits per heavy atom. The highest BCUT2D eigenvalue weighted by molar-refractivity contribution is 7.81. The quantitative estimate of drug-likeness (QED) is 0.390. The van der Waals surface area contributed by atoms with Gasteiger partial charge in [-0.05, 0) is 44.0 Å². The lowest BCUT2D eigenvalue weighted by molar-refractivity contribution is -0.113. The molecular formula is C19H21N3O4S. The molecule has 0 saturated heterocycles. The number of hydrogen-bond donors (Lipinski definition) is 4. The van der Waals surface area contributed by atoms with Gasteiger partial charge in [0.15, 0.2) is 5.60 Å². The lowest BCUT2D eigenvalue weighted by atomic mass is 9.98. The second kappa shape index (κ2) is 7.11. The van der Waals surface area contributed by atoms with E-state index in [0.717, 1.165) is 33.8 Å². The zero-order valence-electron chi connectivity index (χ0n) is 15.3. The number of anilines is 1. The molecule has 0 bridgehead atoms. The smallest absolute Gasteiger partial charge is 0.450 e. The highest BCUT2D eigenvalue weighted by atomic mass is 32.1. The van der Waals surface area contributed by atoms with E-state index >= 15 is 0 Å².